The van der Waals surface area contributed by atoms with Gasteiger partial charge in [0.1, 0.15) is 0 Å². The number of para-hydroxylation sites is 1. The van der Waals surface area contributed by atoms with E-state index >= 15 is 0 Å². The van der Waals surface area contributed by atoms with Gasteiger partial charge >= 0.3 is 0 Å². The number of fused-ring (bicyclic) bond motifs is 3. The smallest absolute Gasteiger partial charge is 0.274 e. The summed E-state index contributed by atoms with van der Waals surface area (Å²) in [5, 5.41) is 10.1. The zero-order valence-electron chi connectivity index (χ0n) is 13.5. The number of carbonyl (C=O) groups excluding carboxylic acids is 1. The van der Waals surface area contributed by atoms with Gasteiger partial charge < -0.3 is 4.57 Å². The van der Waals surface area contributed by atoms with E-state index in [1.165, 1.54) is 41.4 Å². The summed E-state index contributed by atoms with van der Waals surface area (Å²) in [6.45, 7) is 0.802. The summed E-state index contributed by atoms with van der Waals surface area (Å²) >= 11 is 0. The third-order valence-electron chi connectivity index (χ3n) is 4.94. The molecule has 0 aliphatic heterocycles. The molecule has 122 valence electrons. The van der Waals surface area contributed by atoms with Gasteiger partial charge in [-0.15, -0.1) is 0 Å². The van der Waals surface area contributed by atoms with Crippen LogP contribution in [-0.4, -0.2) is 15.7 Å². The summed E-state index contributed by atoms with van der Waals surface area (Å²) in [5.74, 6) is -0.481. The number of benzene rings is 2. The first-order valence-electron chi connectivity index (χ1n) is 8.40. The molecule has 0 spiro atoms. The van der Waals surface area contributed by atoms with E-state index in [1.807, 2.05) is 12.1 Å². The molecule has 1 heterocycles. The van der Waals surface area contributed by atoms with Gasteiger partial charge in [-0.05, 0) is 55.0 Å². The highest BCUT2D eigenvalue weighted by atomic mass is 16.5. The molecule has 1 aliphatic rings. The fraction of sp³-hybridized carbons (Fsp3) is 0.250. The highest BCUT2D eigenvalue weighted by molar-refractivity contribution is 5.93. The minimum Gasteiger partial charge on any atom is -0.340 e. The third-order valence-corrected chi connectivity index (χ3v) is 4.94. The van der Waals surface area contributed by atoms with Gasteiger partial charge in [-0.2, -0.15) is 0 Å². The summed E-state index contributed by atoms with van der Waals surface area (Å²) in [5.41, 5.74) is 7.54. The van der Waals surface area contributed by atoms with Gasteiger partial charge in [-0.3, -0.25) is 10.0 Å². The van der Waals surface area contributed by atoms with E-state index in [-0.39, 0.29) is 0 Å². The summed E-state index contributed by atoms with van der Waals surface area (Å²) in [4.78, 5) is 11.4. The molecule has 4 rings (SSSR count). The van der Waals surface area contributed by atoms with Crippen LogP contribution in [0.25, 0.3) is 10.9 Å². The lowest BCUT2D eigenvalue weighted by molar-refractivity contribution is 0.0706. The van der Waals surface area contributed by atoms with Gasteiger partial charge in [0.05, 0.1) is 0 Å². The Bertz CT molecular complexity index is 894. The predicted molar refractivity (Wildman–Crippen MR) is 93.4 cm³/mol. The second kappa shape index (κ2) is 6.13. The number of carbonyl (C=O) groups is 1. The van der Waals surface area contributed by atoms with Crippen molar-refractivity contribution in [2.24, 2.45) is 0 Å². The number of amides is 1. The second-order valence-corrected chi connectivity index (χ2v) is 6.37. The van der Waals surface area contributed by atoms with E-state index < -0.39 is 5.91 Å². The van der Waals surface area contributed by atoms with E-state index in [1.54, 1.807) is 17.6 Å². The number of nitrogens with one attached hydrogen (secondary N) is 1. The van der Waals surface area contributed by atoms with Crippen LogP contribution in [0.4, 0.5) is 0 Å². The number of aryl methyl sites for hydroxylation is 1. The molecule has 2 N–H and O–H groups in total. The molecule has 24 heavy (non-hydrogen) atoms. The molecule has 0 unspecified atom stereocenters. The molecule has 1 aromatic heterocycles. The maximum atomic E-state index is 11.4. The van der Waals surface area contributed by atoms with Crippen LogP contribution in [0.5, 0.6) is 0 Å². The van der Waals surface area contributed by atoms with Crippen LogP contribution in [0.2, 0.25) is 0 Å². The fourth-order valence-electron chi connectivity index (χ4n) is 3.78. The van der Waals surface area contributed by atoms with Crippen molar-refractivity contribution in [2.45, 2.75) is 32.2 Å². The fourth-order valence-corrected chi connectivity index (χ4v) is 3.78. The summed E-state index contributed by atoms with van der Waals surface area (Å²) < 4.78 is 2.42. The first-order chi connectivity index (χ1) is 11.8. The van der Waals surface area contributed by atoms with E-state index in [0.29, 0.717) is 5.56 Å². The summed E-state index contributed by atoms with van der Waals surface area (Å²) in [7, 11) is 0. The van der Waals surface area contributed by atoms with Gasteiger partial charge in [0.25, 0.3) is 5.91 Å². The van der Waals surface area contributed by atoms with Crippen LogP contribution in [0.15, 0.2) is 48.5 Å². The number of hydroxylamine groups is 1. The van der Waals surface area contributed by atoms with Crippen LogP contribution in [-0.2, 0) is 19.4 Å². The number of hydrogen-bond acceptors (Lipinski definition) is 2. The van der Waals surface area contributed by atoms with Crippen LogP contribution in [0.3, 0.4) is 0 Å². The molecule has 1 aliphatic carbocycles. The van der Waals surface area contributed by atoms with Crippen molar-refractivity contribution in [1.29, 1.82) is 0 Å². The highest BCUT2D eigenvalue weighted by Crippen LogP contribution is 2.32. The molecule has 4 nitrogen and oxygen atoms in total. The monoisotopic (exact) mass is 320 g/mol. The van der Waals surface area contributed by atoms with Crippen molar-refractivity contribution < 1.29 is 10.0 Å². The molecule has 1 amide bonds. The Morgan fingerprint density at radius 2 is 1.79 bits per heavy atom. The number of rotatable bonds is 3. The van der Waals surface area contributed by atoms with Crippen molar-refractivity contribution in [3.63, 3.8) is 0 Å². The lowest BCUT2D eigenvalue weighted by atomic mass is 9.95. The first-order valence-corrected chi connectivity index (χ1v) is 8.40. The molecule has 4 heteroatoms. The van der Waals surface area contributed by atoms with Crippen LogP contribution >= 0.6 is 0 Å². The predicted octanol–water partition coefficient (Wildman–Crippen LogP) is 3.69. The molecule has 0 atom stereocenters. The average molecular weight is 320 g/mol. The molecule has 0 saturated heterocycles. The third kappa shape index (κ3) is 2.49. The van der Waals surface area contributed by atoms with E-state index in [2.05, 4.69) is 28.8 Å². The lowest BCUT2D eigenvalue weighted by Gasteiger charge is -2.16. The Kier molecular flexibility index (Phi) is 3.82. The maximum absolute atomic E-state index is 11.4. The van der Waals surface area contributed by atoms with Crippen LogP contribution < -0.4 is 5.48 Å². The van der Waals surface area contributed by atoms with Gasteiger partial charge in [-0.25, -0.2) is 5.48 Å². The Hall–Kier alpha value is -2.59. The van der Waals surface area contributed by atoms with Gasteiger partial charge in [-0.1, -0.05) is 30.3 Å². The normalized spacial score (nSPS) is 13.7. The zero-order valence-corrected chi connectivity index (χ0v) is 13.5. The molecule has 0 saturated carbocycles. The van der Waals surface area contributed by atoms with Crippen molar-refractivity contribution in [3.05, 3.63) is 70.9 Å². The molecular formula is C20H20N2O2. The maximum Gasteiger partial charge on any atom is 0.274 e. The Morgan fingerprint density at radius 3 is 2.58 bits per heavy atom. The van der Waals surface area contributed by atoms with Crippen LogP contribution in [0, 0.1) is 0 Å². The highest BCUT2D eigenvalue weighted by Gasteiger charge is 2.19. The zero-order chi connectivity index (χ0) is 16.5. The van der Waals surface area contributed by atoms with Crippen molar-refractivity contribution in [1.82, 2.24) is 10.0 Å². The number of nitrogens with zero attached hydrogens (tertiary/aromatic N) is 1. The van der Waals surface area contributed by atoms with Gasteiger partial charge in [0.2, 0.25) is 0 Å². The standard InChI is InChI=1S/C20H20N2O2/c23-20(21-24)15-11-9-14(10-12-15)13-22-18-7-3-1-5-16(18)17-6-2-4-8-19(17)22/h1,3,5,7,9-12,24H,2,4,6,8,13H2,(H,21,23). The summed E-state index contributed by atoms with van der Waals surface area (Å²) in [6.07, 6.45) is 4.82. The van der Waals surface area contributed by atoms with E-state index in [9.17, 15) is 4.79 Å². The first kappa shape index (κ1) is 15.0. The Labute approximate surface area is 140 Å². The summed E-state index contributed by atoms with van der Waals surface area (Å²) in [6, 6.07) is 16.0. The SMILES string of the molecule is O=C(NO)c1ccc(Cn2c3c(c4ccccc42)CCCC3)cc1. The lowest BCUT2D eigenvalue weighted by Crippen LogP contribution is -2.18. The molecule has 0 bridgehead atoms. The van der Waals surface area contributed by atoms with Crippen molar-refractivity contribution in [2.75, 3.05) is 0 Å². The molecule has 3 aromatic rings. The van der Waals surface area contributed by atoms with Gasteiger partial charge in [0, 0.05) is 28.7 Å². The molecule has 0 radical (unpaired) electrons. The van der Waals surface area contributed by atoms with Crippen molar-refractivity contribution >= 4 is 16.8 Å². The topological polar surface area (TPSA) is 54.3 Å². The van der Waals surface area contributed by atoms with Crippen LogP contribution in [0.1, 0.15) is 40.0 Å². The number of hydrogen-bond donors (Lipinski definition) is 2. The Morgan fingerprint density at radius 1 is 1.04 bits per heavy atom. The van der Waals surface area contributed by atoms with Gasteiger partial charge in [0.15, 0.2) is 0 Å². The van der Waals surface area contributed by atoms with E-state index in [0.717, 1.165) is 18.5 Å². The molecule has 2 aromatic carbocycles. The molecular weight excluding hydrogens is 300 g/mol. The average Bonchev–Trinajstić information content (AvgIpc) is 2.96. The van der Waals surface area contributed by atoms with Crippen molar-refractivity contribution in [3.8, 4) is 0 Å². The Balaban J connectivity index is 1.73. The minimum atomic E-state index is -0.481. The second-order valence-electron chi connectivity index (χ2n) is 6.37. The quantitative estimate of drug-likeness (QED) is 0.571. The number of aromatic nitrogens is 1. The molecule has 0 fully saturated rings. The minimum absolute atomic E-state index is 0.459. The van der Waals surface area contributed by atoms with E-state index in [4.69, 9.17) is 5.21 Å². The largest absolute Gasteiger partial charge is 0.340 e.